The van der Waals surface area contributed by atoms with Crippen molar-refractivity contribution in [3.05, 3.63) is 25.8 Å². The number of hydrogen-bond acceptors (Lipinski definition) is 8. The molecule has 0 saturated carbocycles. The second-order valence-electron chi connectivity index (χ2n) is 2.83. The van der Waals surface area contributed by atoms with E-state index >= 15 is 0 Å². The SMILES string of the molecule is C=CC(=O)O.OCCOCCOCCOCCO.[C-]#N.[C-]#N.[Co+2]. The van der Waals surface area contributed by atoms with Crippen LogP contribution in [-0.4, -0.2) is 74.1 Å². The Labute approximate surface area is 146 Å². The maximum atomic E-state index is 9.25. The van der Waals surface area contributed by atoms with Crippen molar-refractivity contribution in [2.24, 2.45) is 0 Å². The van der Waals surface area contributed by atoms with Crippen molar-refractivity contribution in [1.29, 1.82) is 10.5 Å². The number of aliphatic hydroxyl groups excluding tert-OH is 2. The molecule has 9 nitrogen and oxygen atoms in total. The summed E-state index contributed by atoms with van der Waals surface area (Å²) < 4.78 is 15.0. The minimum absolute atomic E-state index is 0. The van der Waals surface area contributed by atoms with E-state index in [2.05, 4.69) is 6.58 Å². The van der Waals surface area contributed by atoms with Crippen LogP contribution in [-0.2, 0) is 35.8 Å². The normalized spacial score (nSPS) is 7.57. The maximum absolute atomic E-state index is 9.25. The summed E-state index contributed by atoms with van der Waals surface area (Å²) >= 11 is 0. The number of aliphatic hydroxyl groups is 2. The van der Waals surface area contributed by atoms with Crippen molar-refractivity contribution in [2.45, 2.75) is 0 Å². The zero-order valence-electron chi connectivity index (χ0n) is 12.6. The Bertz CT molecular complexity index is 247. The van der Waals surface area contributed by atoms with Gasteiger partial charge in [-0.3, -0.25) is 0 Å². The van der Waals surface area contributed by atoms with E-state index in [0.717, 1.165) is 6.08 Å². The number of carbonyl (C=O) groups is 1. The molecule has 0 aromatic carbocycles. The first kappa shape index (κ1) is 33.2. The van der Waals surface area contributed by atoms with Crippen LogP contribution in [0.15, 0.2) is 12.7 Å². The fraction of sp³-hybridized carbons (Fsp3) is 0.615. The molecular weight excluding hydrogens is 355 g/mol. The number of hydrogen-bond donors (Lipinski definition) is 3. The molecule has 0 aromatic rings. The van der Waals surface area contributed by atoms with Gasteiger partial charge in [0.2, 0.25) is 0 Å². The van der Waals surface area contributed by atoms with E-state index in [4.69, 9.17) is 53.2 Å². The topological polar surface area (TPSA) is 153 Å². The summed E-state index contributed by atoms with van der Waals surface area (Å²) in [6.07, 6.45) is 0.833. The summed E-state index contributed by atoms with van der Waals surface area (Å²) in [4.78, 5) is 9.25. The molecule has 0 atom stereocenters. The molecule has 0 heterocycles. The Hall–Kier alpha value is -1.50. The monoisotopic (exact) mass is 377 g/mol. The predicted molar refractivity (Wildman–Crippen MR) is 74.4 cm³/mol. The van der Waals surface area contributed by atoms with Gasteiger partial charge in [-0.1, -0.05) is 6.58 Å². The van der Waals surface area contributed by atoms with Gasteiger partial charge in [-0.15, -0.1) is 0 Å². The van der Waals surface area contributed by atoms with Crippen LogP contribution in [0.4, 0.5) is 0 Å². The molecule has 0 aromatic heterocycles. The van der Waals surface area contributed by atoms with E-state index in [1.165, 1.54) is 0 Å². The predicted octanol–water partition coefficient (Wildman–Crippen LogP) is -0.532. The molecule has 0 bridgehead atoms. The molecule has 0 aliphatic heterocycles. The third-order valence-electron chi connectivity index (χ3n) is 1.39. The second kappa shape index (κ2) is 42.8. The molecule has 135 valence electrons. The smallest absolute Gasteiger partial charge is 0.512 e. The van der Waals surface area contributed by atoms with Gasteiger partial charge in [0.05, 0.1) is 52.9 Å². The van der Waals surface area contributed by atoms with Crippen LogP contribution in [0.5, 0.6) is 0 Å². The van der Waals surface area contributed by atoms with Crippen LogP contribution >= 0.6 is 0 Å². The zero-order chi connectivity index (χ0) is 18.1. The quantitative estimate of drug-likeness (QED) is 0.245. The summed E-state index contributed by atoms with van der Waals surface area (Å²) in [6, 6.07) is 0. The van der Waals surface area contributed by atoms with Gasteiger partial charge >= 0.3 is 22.7 Å². The van der Waals surface area contributed by atoms with Crippen LogP contribution < -0.4 is 0 Å². The van der Waals surface area contributed by atoms with E-state index < -0.39 is 5.97 Å². The average Bonchev–Trinajstić information content (AvgIpc) is 2.57. The number of nitrogens with zero attached hydrogens (tertiary/aromatic N) is 2. The van der Waals surface area contributed by atoms with Gasteiger partial charge in [-0.05, 0) is 0 Å². The van der Waals surface area contributed by atoms with Crippen LogP contribution in [0.1, 0.15) is 0 Å². The molecule has 10 heteroatoms. The van der Waals surface area contributed by atoms with Gasteiger partial charge in [-0.25, -0.2) is 4.79 Å². The number of rotatable bonds is 11. The fourth-order valence-corrected chi connectivity index (χ4v) is 0.671. The number of carboxylic acid groups (broad SMARTS) is 1. The fourth-order valence-electron chi connectivity index (χ4n) is 0.671. The molecule has 0 amide bonds. The van der Waals surface area contributed by atoms with Crippen LogP contribution in [0.25, 0.3) is 0 Å². The average molecular weight is 377 g/mol. The van der Waals surface area contributed by atoms with Gasteiger partial charge < -0.3 is 53.2 Å². The van der Waals surface area contributed by atoms with E-state index in [9.17, 15) is 4.79 Å². The molecule has 3 N–H and O–H groups in total. The largest absolute Gasteiger partial charge is 2.00 e. The molecule has 0 unspecified atom stereocenters. The van der Waals surface area contributed by atoms with E-state index in [1.807, 2.05) is 0 Å². The Balaban J connectivity index is -0.0000000910. The summed E-state index contributed by atoms with van der Waals surface area (Å²) in [5.74, 6) is -0.981. The van der Waals surface area contributed by atoms with Crippen molar-refractivity contribution in [2.75, 3.05) is 52.9 Å². The molecule has 1 radical (unpaired) electrons. The first-order valence-corrected chi connectivity index (χ1v) is 5.94. The third kappa shape index (κ3) is 63.6. The number of carboxylic acids is 1. The van der Waals surface area contributed by atoms with E-state index in [-0.39, 0.29) is 30.0 Å². The van der Waals surface area contributed by atoms with E-state index in [0.29, 0.717) is 39.6 Å². The summed E-state index contributed by atoms with van der Waals surface area (Å²) in [6.45, 7) is 15.2. The Morgan fingerprint density at radius 2 is 1.09 bits per heavy atom. The van der Waals surface area contributed by atoms with Gasteiger partial charge in [0.15, 0.2) is 0 Å². The van der Waals surface area contributed by atoms with Crippen molar-refractivity contribution < 1.29 is 51.1 Å². The van der Waals surface area contributed by atoms with Crippen LogP contribution in [0, 0.1) is 23.7 Å². The van der Waals surface area contributed by atoms with Crippen molar-refractivity contribution >= 4 is 5.97 Å². The Morgan fingerprint density at radius 3 is 1.26 bits per heavy atom. The molecule has 23 heavy (non-hydrogen) atoms. The minimum Gasteiger partial charge on any atom is -0.512 e. The molecule has 0 aliphatic carbocycles. The third-order valence-corrected chi connectivity index (χ3v) is 1.39. The summed E-state index contributed by atoms with van der Waals surface area (Å²) in [7, 11) is 0. The minimum atomic E-state index is -0.981. The van der Waals surface area contributed by atoms with Gasteiger partial charge in [0, 0.05) is 6.08 Å². The van der Waals surface area contributed by atoms with Crippen LogP contribution in [0.2, 0.25) is 0 Å². The molecule has 0 rings (SSSR count). The van der Waals surface area contributed by atoms with Crippen molar-refractivity contribution in [1.82, 2.24) is 0 Å². The molecule has 0 saturated heterocycles. The Kier molecular flexibility index (Phi) is 61.7. The maximum Gasteiger partial charge on any atom is 2.00 e. The molecule has 0 fully saturated rings. The molecular formula is C13H22CoN2O7. The molecule has 0 spiro atoms. The second-order valence-corrected chi connectivity index (χ2v) is 2.83. The first-order chi connectivity index (χ1) is 10.7. The van der Waals surface area contributed by atoms with E-state index in [1.54, 1.807) is 0 Å². The van der Waals surface area contributed by atoms with Gasteiger partial charge in [0.1, 0.15) is 0 Å². The van der Waals surface area contributed by atoms with Crippen molar-refractivity contribution in [3.8, 4) is 0 Å². The zero-order valence-corrected chi connectivity index (χ0v) is 13.7. The number of ether oxygens (including phenoxy) is 3. The summed E-state index contributed by atoms with van der Waals surface area (Å²) in [5.41, 5.74) is 0. The van der Waals surface area contributed by atoms with Crippen LogP contribution in [0.3, 0.4) is 0 Å². The number of aliphatic carboxylic acids is 1. The van der Waals surface area contributed by atoms with Gasteiger partial charge in [0.25, 0.3) is 0 Å². The Morgan fingerprint density at radius 1 is 0.870 bits per heavy atom. The standard InChI is InChI=1S/C8H18O5.C3H4O2.2CN.Co/c9-1-3-11-5-7-13-8-6-12-4-2-10;1-2-3(4)5;2*1-2;/h9-10H,1-8H2;2H,1H2,(H,4,5);;;/q;;2*-1;+2. The summed E-state index contributed by atoms with van der Waals surface area (Å²) in [5, 5.41) is 36.8. The molecule has 0 aliphatic rings. The first-order valence-electron chi connectivity index (χ1n) is 5.94. The van der Waals surface area contributed by atoms with Gasteiger partial charge in [-0.2, -0.15) is 0 Å². The van der Waals surface area contributed by atoms with Crippen molar-refractivity contribution in [3.63, 3.8) is 0 Å².